The normalized spacial score (nSPS) is 11.9. The average molecular weight is 703 g/mol. The lowest BCUT2D eigenvalue weighted by molar-refractivity contribution is -0.139. The highest BCUT2D eigenvalue weighted by molar-refractivity contribution is 9.10. The van der Waals surface area contributed by atoms with Gasteiger partial charge in [0.15, 0.2) is 0 Å². The standard InChI is InChI=1S/C32H30BrCl2N3O4S/c1-22-8-16-28(17-9-22)43(41,42)38(27-14-11-25(33)12-15-27)21-31(39)37(20-24-10-13-26(34)19-29(24)35)30(32(40)36-2)18-23-6-4-3-5-7-23/h3-17,19,30H,18,20-21H2,1-2H3,(H,36,40)/t30-/m1/s1. The lowest BCUT2D eigenvalue weighted by atomic mass is 10.0. The van der Waals surface area contributed by atoms with E-state index in [9.17, 15) is 18.0 Å². The first-order valence-electron chi connectivity index (χ1n) is 13.3. The minimum atomic E-state index is -4.18. The van der Waals surface area contributed by atoms with Crippen LogP contribution in [0.25, 0.3) is 0 Å². The van der Waals surface area contributed by atoms with Crippen LogP contribution in [0.1, 0.15) is 16.7 Å². The topological polar surface area (TPSA) is 86.8 Å². The highest BCUT2D eigenvalue weighted by atomic mass is 79.9. The molecule has 0 saturated carbocycles. The number of anilines is 1. The molecule has 0 bridgehead atoms. The van der Waals surface area contributed by atoms with Gasteiger partial charge >= 0.3 is 0 Å². The molecule has 224 valence electrons. The molecular weight excluding hydrogens is 673 g/mol. The number of nitrogens with zero attached hydrogens (tertiary/aromatic N) is 2. The summed E-state index contributed by atoms with van der Waals surface area (Å²) in [7, 11) is -2.69. The Bertz CT molecular complexity index is 1690. The van der Waals surface area contributed by atoms with Crippen molar-refractivity contribution in [2.75, 3.05) is 17.9 Å². The molecule has 0 aromatic heterocycles. The van der Waals surface area contributed by atoms with Crippen LogP contribution in [0.3, 0.4) is 0 Å². The third-order valence-electron chi connectivity index (χ3n) is 6.88. The monoisotopic (exact) mass is 701 g/mol. The summed E-state index contributed by atoms with van der Waals surface area (Å²) in [6.45, 7) is 1.24. The van der Waals surface area contributed by atoms with Crippen LogP contribution in [0.5, 0.6) is 0 Å². The van der Waals surface area contributed by atoms with Gasteiger partial charge in [-0.2, -0.15) is 0 Å². The highest BCUT2D eigenvalue weighted by Crippen LogP contribution is 2.28. The Morgan fingerprint density at radius 1 is 0.907 bits per heavy atom. The van der Waals surface area contributed by atoms with Crippen molar-refractivity contribution in [1.29, 1.82) is 0 Å². The van der Waals surface area contributed by atoms with Gasteiger partial charge in [-0.05, 0) is 66.6 Å². The van der Waals surface area contributed by atoms with Crippen LogP contribution < -0.4 is 9.62 Å². The van der Waals surface area contributed by atoms with Gasteiger partial charge in [-0.1, -0.05) is 93.2 Å². The molecule has 43 heavy (non-hydrogen) atoms. The van der Waals surface area contributed by atoms with Crippen molar-refractivity contribution in [3.63, 3.8) is 0 Å². The van der Waals surface area contributed by atoms with Crippen molar-refractivity contribution in [1.82, 2.24) is 10.2 Å². The fourth-order valence-electron chi connectivity index (χ4n) is 4.53. The number of hydrogen-bond donors (Lipinski definition) is 1. The van der Waals surface area contributed by atoms with Gasteiger partial charge in [-0.3, -0.25) is 13.9 Å². The first kappa shape index (κ1) is 32.5. The van der Waals surface area contributed by atoms with E-state index in [0.717, 1.165) is 19.9 Å². The number of aryl methyl sites for hydroxylation is 1. The lowest BCUT2D eigenvalue weighted by Crippen LogP contribution is -2.53. The number of halogens is 3. The van der Waals surface area contributed by atoms with Gasteiger partial charge in [0.2, 0.25) is 11.8 Å². The summed E-state index contributed by atoms with van der Waals surface area (Å²) >= 11 is 16.0. The fraction of sp³-hybridized carbons (Fsp3) is 0.188. The zero-order valence-electron chi connectivity index (χ0n) is 23.5. The summed E-state index contributed by atoms with van der Waals surface area (Å²) in [6.07, 6.45) is 0.195. The van der Waals surface area contributed by atoms with Gasteiger partial charge in [0.05, 0.1) is 10.6 Å². The van der Waals surface area contributed by atoms with Crippen LogP contribution in [-0.4, -0.2) is 44.8 Å². The molecule has 0 fully saturated rings. The third-order valence-corrected chi connectivity index (χ3v) is 9.78. The van der Waals surface area contributed by atoms with Gasteiger partial charge in [-0.15, -0.1) is 0 Å². The molecule has 2 amide bonds. The Labute approximate surface area is 270 Å². The highest BCUT2D eigenvalue weighted by Gasteiger charge is 2.34. The Kier molecular flexibility index (Phi) is 10.9. The zero-order valence-corrected chi connectivity index (χ0v) is 27.4. The molecule has 1 N–H and O–H groups in total. The van der Waals surface area contributed by atoms with Crippen molar-refractivity contribution in [2.24, 2.45) is 0 Å². The molecule has 0 aliphatic carbocycles. The summed E-state index contributed by atoms with van der Waals surface area (Å²) in [4.78, 5) is 29.1. The Hall–Kier alpha value is -3.37. The smallest absolute Gasteiger partial charge is 0.264 e. The average Bonchev–Trinajstić information content (AvgIpc) is 2.99. The van der Waals surface area contributed by atoms with Gasteiger partial charge < -0.3 is 10.2 Å². The predicted molar refractivity (Wildman–Crippen MR) is 175 cm³/mol. The van der Waals surface area contributed by atoms with Crippen molar-refractivity contribution in [2.45, 2.75) is 30.8 Å². The quantitative estimate of drug-likeness (QED) is 0.190. The van der Waals surface area contributed by atoms with Crippen molar-refractivity contribution >= 4 is 66.7 Å². The van der Waals surface area contributed by atoms with Crippen LogP contribution in [0.15, 0.2) is 106 Å². The van der Waals surface area contributed by atoms with Crippen molar-refractivity contribution in [3.8, 4) is 0 Å². The molecule has 4 aromatic carbocycles. The minimum Gasteiger partial charge on any atom is -0.357 e. The largest absolute Gasteiger partial charge is 0.357 e. The molecule has 4 rings (SSSR count). The Balaban J connectivity index is 1.80. The van der Waals surface area contributed by atoms with Crippen LogP contribution in [-0.2, 0) is 32.6 Å². The van der Waals surface area contributed by atoms with Gasteiger partial charge in [0, 0.05) is 34.5 Å². The number of likely N-dealkylation sites (N-methyl/N-ethyl adjacent to an activating group) is 1. The Morgan fingerprint density at radius 2 is 1.56 bits per heavy atom. The maximum absolute atomic E-state index is 14.3. The number of amides is 2. The molecule has 0 spiro atoms. The van der Waals surface area contributed by atoms with Crippen LogP contribution in [0.4, 0.5) is 5.69 Å². The number of rotatable bonds is 11. The molecule has 0 aliphatic rings. The van der Waals surface area contributed by atoms with E-state index in [4.69, 9.17) is 23.2 Å². The molecular formula is C32H30BrCl2N3O4S. The lowest BCUT2D eigenvalue weighted by Gasteiger charge is -2.33. The number of carbonyl (C=O) groups excluding carboxylic acids is 2. The molecule has 4 aromatic rings. The van der Waals surface area contributed by atoms with E-state index in [-0.39, 0.29) is 17.9 Å². The SMILES string of the molecule is CNC(=O)[C@@H](Cc1ccccc1)N(Cc1ccc(Cl)cc1Cl)C(=O)CN(c1ccc(Br)cc1)S(=O)(=O)c1ccc(C)cc1. The Morgan fingerprint density at radius 3 is 2.16 bits per heavy atom. The molecule has 7 nitrogen and oxygen atoms in total. The zero-order chi connectivity index (χ0) is 31.1. The molecule has 0 heterocycles. The van der Waals surface area contributed by atoms with Crippen LogP contribution in [0, 0.1) is 6.92 Å². The summed E-state index contributed by atoms with van der Waals surface area (Å²) in [5.41, 5.74) is 2.57. The van der Waals surface area contributed by atoms with Crippen LogP contribution in [0.2, 0.25) is 10.0 Å². The third kappa shape index (κ3) is 8.17. The summed E-state index contributed by atoms with van der Waals surface area (Å²) < 4.78 is 29.8. The van der Waals surface area contributed by atoms with Gasteiger partial charge in [0.1, 0.15) is 12.6 Å². The second-order valence-corrected chi connectivity index (χ2v) is 13.5. The molecule has 0 unspecified atom stereocenters. The first-order chi connectivity index (χ1) is 20.5. The van der Waals surface area contributed by atoms with E-state index in [1.807, 2.05) is 37.3 Å². The van der Waals surface area contributed by atoms with E-state index >= 15 is 0 Å². The number of carbonyl (C=O) groups is 2. The van der Waals surface area contributed by atoms with E-state index in [2.05, 4.69) is 21.2 Å². The second kappa shape index (κ2) is 14.4. The van der Waals surface area contributed by atoms with Crippen molar-refractivity contribution in [3.05, 3.63) is 128 Å². The number of hydrogen-bond acceptors (Lipinski definition) is 4. The first-order valence-corrected chi connectivity index (χ1v) is 16.3. The maximum atomic E-state index is 14.3. The van der Waals surface area contributed by atoms with E-state index < -0.39 is 34.4 Å². The van der Waals surface area contributed by atoms with E-state index in [1.54, 1.807) is 54.6 Å². The van der Waals surface area contributed by atoms with E-state index in [0.29, 0.717) is 21.3 Å². The van der Waals surface area contributed by atoms with E-state index in [1.165, 1.54) is 24.1 Å². The summed E-state index contributed by atoms with van der Waals surface area (Å²) in [5.74, 6) is -0.993. The van der Waals surface area contributed by atoms with Gasteiger partial charge in [0.25, 0.3) is 10.0 Å². The number of nitrogens with one attached hydrogen (secondary N) is 1. The molecule has 1 atom stereocenters. The van der Waals surface area contributed by atoms with Gasteiger partial charge in [-0.25, -0.2) is 8.42 Å². The molecule has 11 heteroatoms. The second-order valence-electron chi connectivity index (χ2n) is 9.88. The summed E-state index contributed by atoms with van der Waals surface area (Å²) in [5, 5.41) is 3.40. The van der Waals surface area contributed by atoms with Crippen molar-refractivity contribution < 1.29 is 18.0 Å². The van der Waals surface area contributed by atoms with Crippen LogP contribution >= 0.6 is 39.1 Å². The fourth-order valence-corrected chi connectivity index (χ4v) is 6.67. The predicted octanol–water partition coefficient (Wildman–Crippen LogP) is 6.65. The molecule has 0 radical (unpaired) electrons. The number of sulfonamides is 1. The molecule has 0 aliphatic heterocycles. The minimum absolute atomic E-state index is 0.0354. The number of benzene rings is 4. The maximum Gasteiger partial charge on any atom is 0.264 e. The molecule has 0 saturated heterocycles. The summed E-state index contributed by atoms with van der Waals surface area (Å²) in [6, 6.07) is 26.3.